The van der Waals surface area contributed by atoms with Gasteiger partial charge in [-0.15, -0.1) is 0 Å². The first-order valence-electron chi connectivity index (χ1n) is 11.3. The number of aliphatic hydroxyl groups excluding tert-OH is 1. The summed E-state index contributed by atoms with van der Waals surface area (Å²) in [6, 6.07) is 13.7. The van der Waals surface area contributed by atoms with E-state index in [9.17, 15) is 13.5 Å². The lowest BCUT2D eigenvalue weighted by atomic mass is 10.1. The normalized spacial score (nSPS) is 12.7. The minimum absolute atomic E-state index is 0.194. The van der Waals surface area contributed by atoms with E-state index in [-0.39, 0.29) is 4.90 Å². The lowest BCUT2D eigenvalue weighted by Gasteiger charge is -2.10. The van der Waals surface area contributed by atoms with Crippen molar-refractivity contribution < 1.29 is 13.5 Å². The zero-order chi connectivity index (χ0) is 25.4. The first-order valence-corrected chi connectivity index (χ1v) is 12.8. The predicted octanol–water partition coefficient (Wildman–Crippen LogP) is 3.23. The molecule has 10 nitrogen and oxygen atoms in total. The van der Waals surface area contributed by atoms with Gasteiger partial charge in [0.2, 0.25) is 5.95 Å². The number of pyridine rings is 1. The maximum Gasteiger partial charge on any atom is 0.269 e. The van der Waals surface area contributed by atoms with Crippen LogP contribution in [0.5, 0.6) is 0 Å². The summed E-state index contributed by atoms with van der Waals surface area (Å²) in [5.41, 5.74) is 3.16. The van der Waals surface area contributed by atoms with Gasteiger partial charge in [0.1, 0.15) is 5.82 Å². The SMILES string of the molecule is Cc1nc(-c2cnc3c(ccn3S(=O)(=O)c3ccccc3)c2)c(-c2ccnc(NCC(C)O)n2)n1C. The lowest BCUT2D eigenvalue weighted by Crippen LogP contribution is -2.17. The Labute approximate surface area is 208 Å². The molecule has 1 unspecified atom stereocenters. The van der Waals surface area contributed by atoms with Crippen LogP contribution in [0.1, 0.15) is 12.7 Å². The number of aliphatic hydroxyl groups is 1. The average molecular weight is 504 g/mol. The van der Waals surface area contributed by atoms with Crippen LogP contribution in [-0.2, 0) is 17.1 Å². The van der Waals surface area contributed by atoms with Gasteiger partial charge in [0.15, 0.2) is 5.65 Å². The average Bonchev–Trinajstić information content (AvgIpc) is 3.44. The van der Waals surface area contributed by atoms with Crippen LogP contribution < -0.4 is 5.32 Å². The highest BCUT2D eigenvalue weighted by molar-refractivity contribution is 7.90. The van der Waals surface area contributed by atoms with Crippen molar-refractivity contribution >= 4 is 27.0 Å². The Balaban J connectivity index is 1.58. The van der Waals surface area contributed by atoms with E-state index in [0.29, 0.717) is 34.9 Å². The van der Waals surface area contributed by atoms with Crippen molar-refractivity contribution in [3.8, 4) is 22.6 Å². The third kappa shape index (κ3) is 4.23. The topological polar surface area (TPSA) is 128 Å². The molecule has 1 aromatic carbocycles. The van der Waals surface area contributed by atoms with Crippen molar-refractivity contribution in [3.05, 3.63) is 72.9 Å². The lowest BCUT2D eigenvalue weighted by molar-refractivity contribution is 0.208. The van der Waals surface area contributed by atoms with E-state index in [2.05, 4.69) is 20.3 Å². The number of fused-ring (bicyclic) bond motifs is 1. The Kier molecular flexibility index (Phi) is 6.02. The fourth-order valence-corrected chi connectivity index (χ4v) is 5.28. The number of rotatable bonds is 7. The van der Waals surface area contributed by atoms with Gasteiger partial charge in [-0.3, -0.25) is 0 Å². The second-order valence-corrected chi connectivity index (χ2v) is 10.3. The number of hydrogen-bond donors (Lipinski definition) is 2. The van der Waals surface area contributed by atoms with Gasteiger partial charge in [0.05, 0.1) is 28.1 Å². The molecule has 0 saturated heterocycles. The van der Waals surface area contributed by atoms with Crippen LogP contribution in [0, 0.1) is 6.92 Å². The van der Waals surface area contributed by atoms with Crippen molar-refractivity contribution in [1.82, 2.24) is 28.5 Å². The van der Waals surface area contributed by atoms with Crippen molar-refractivity contribution in [3.63, 3.8) is 0 Å². The Morgan fingerprint density at radius 2 is 1.86 bits per heavy atom. The summed E-state index contributed by atoms with van der Waals surface area (Å²) in [5, 5.41) is 13.3. The Morgan fingerprint density at radius 1 is 1.08 bits per heavy atom. The number of anilines is 1. The number of nitrogens with one attached hydrogen (secondary N) is 1. The van der Waals surface area contributed by atoms with Crippen LogP contribution in [0.4, 0.5) is 5.95 Å². The van der Waals surface area contributed by atoms with Crippen LogP contribution in [0.15, 0.2) is 72.0 Å². The first kappa shape index (κ1) is 23.6. The van der Waals surface area contributed by atoms with Gasteiger partial charge in [-0.1, -0.05) is 18.2 Å². The highest BCUT2D eigenvalue weighted by atomic mass is 32.2. The molecule has 0 fully saturated rings. The zero-order valence-electron chi connectivity index (χ0n) is 20.0. The fourth-order valence-electron chi connectivity index (χ4n) is 3.95. The van der Waals surface area contributed by atoms with Crippen LogP contribution in [0.3, 0.4) is 0 Å². The molecule has 0 radical (unpaired) electrons. The van der Waals surface area contributed by atoms with E-state index in [1.807, 2.05) is 24.6 Å². The molecular weight excluding hydrogens is 478 g/mol. The number of benzene rings is 1. The van der Waals surface area contributed by atoms with Crippen molar-refractivity contribution in [2.75, 3.05) is 11.9 Å². The summed E-state index contributed by atoms with van der Waals surface area (Å²) < 4.78 is 29.4. The molecule has 0 aliphatic rings. The highest BCUT2D eigenvalue weighted by Crippen LogP contribution is 2.33. The Morgan fingerprint density at radius 3 is 2.61 bits per heavy atom. The van der Waals surface area contributed by atoms with Crippen LogP contribution in [-0.4, -0.2) is 54.6 Å². The third-order valence-electron chi connectivity index (χ3n) is 5.84. The number of imidazole rings is 1. The van der Waals surface area contributed by atoms with E-state index in [1.165, 1.54) is 10.2 Å². The second-order valence-electron chi connectivity index (χ2n) is 8.48. The molecule has 5 rings (SSSR count). The number of aromatic nitrogens is 6. The van der Waals surface area contributed by atoms with E-state index in [4.69, 9.17) is 4.98 Å². The summed E-state index contributed by atoms with van der Waals surface area (Å²) in [5.74, 6) is 1.18. The summed E-state index contributed by atoms with van der Waals surface area (Å²) >= 11 is 0. The van der Waals surface area contributed by atoms with Crippen LogP contribution in [0.2, 0.25) is 0 Å². The molecule has 0 aliphatic carbocycles. The smallest absolute Gasteiger partial charge is 0.269 e. The molecule has 4 heterocycles. The Hall–Kier alpha value is -4.09. The zero-order valence-corrected chi connectivity index (χ0v) is 20.8. The third-order valence-corrected chi connectivity index (χ3v) is 7.52. The van der Waals surface area contributed by atoms with E-state index in [0.717, 1.165) is 17.1 Å². The molecule has 36 heavy (non-hydrogen) atoms. The second kappa shape index (κ2) is 9.17. The van der Waals surface area contributed by atoms with Gasteiger partial charge < -0.3 is 15.0 Å². The summed E-state index contributed by atoms with van der Waals surface area (Å²) in [4.78, 5) is 18.3. The maximum atomic E-state index is 13.1. The van der Waals surface area contributed by atoms with Crippen molar-refractivity contribution in [2.24, 2.45) is 7.05 Å². The number of aryl methyl sites for hydroxylation is 1. The number of hydrogen-bond acceptors (Lipinski definition) is 8. The molecule has 11 heteroatoms. The van der Waals surface area contributed by atoms with E-state index >= 15 is 0 Å². The molecule has 0 bridgehead atoms. The van der Waals surface area contributed by atoms with Crippen LogP contribution >= 0.6 is 0 Å². The Bertz CT molecular complexity index is 1660. The largest absolute Gasteiger partial charge is 0.392 e. The predicted molar refractivity (Wildman–Crippen MR) is 137 cm³/mol. The summed E-state index contributed by atoms with van der Waals surface area (Å²) in [7, 11) is -1.87. The standard InChI is InChI=1S/C25H25N7O3S/c1-16(33)14-28-25-26-11-9-21(30-25)23-22(29-17(2)31(23)3)19-13-18-10-12-32(24(18)27-15-19)36(34,35)20-7-5-4-6-8-20/h4-13,15-16,33H,14H2,1-3H3,(H,26,28,30). The summed E-state index contributed by atoms with van der Waals surface area (Å²) in [6.45, 7) is 3.90. The van der Waals surface area contributed by atoms with Gasteiger partial charge in [-0.05, 0) is 44.2 Å². The first-order chi connectivity index (χ1) is 17.3. The molecule has 184 valence electrons. The molecule has 5 aromatic rings. The van der Waals surface area contributed by atoms with Gasteiger partial charge in [0, 0.05) is 43.1 Å². The minimum Gasteiger partial charge on any atom is -0.392 e. The van der Waals surface area contributed by atoms with Crippen molar-refractivity contribution in [2.45, 2.75) is 24.8 Å². The fraction of sp³-hybridized carbons (Fsp3) is 0.200. The molecule has 4 aromatic heterocycles. The molecule has 1 atom stereocenters. The van der Waals surface area contributed by atoms with Gasteiger partial charge >= 0.3 is 0 Å². The quantitative estimate of drug-likeness (QED) is 0.346. The van der Waals surface area contributed by atoms with Crippen LogP contribution in [0.25, 0.3) is 33.7 Å². The molecule has 2 N–H and O–H groups in total. The van der Waals surface area contributed by atoms with Crippen molar-refractivity contribution in [1.29, 1.82) is 0 Å². The maximum absolute atomic E-state index is 13.1. The molecule has 0 saturated carbocycles. The molecule has 0 spiro atoms. The van der Waals surface area contributed by atoms with Gasteiger partial charge in [-0.2, -0.15) is 0 Å². The van der Waals surface area contributed by atoms with Gasteiger partial charge in [0.25, 0.3) is 10.0 Å². The van der Waals surface area contributed by atoms with Gasteiger partial charge in [-0.25, -0.2) is 32.3 Å². The highest BCUT2D eigenvalue weighted by Gasteiger charge is 2.22. The monoisotopic (exact) mass is 503 g/mol. The van der Waals surface area contributed by atoms with E-state index in [1.54, 1.807) is 61.8 Å². The molecular formula is C25H25N7O3S. The van der Waals surface area contributed by atoms with E-state index < -0.39 is 16.1 Å². The molecule has 0 aliphatic heterocycles. The summed E-state index contributed by atoms with van der Waals surface area (Å²) in [6.07, 6.45) is 4.24. The number of nitrogens with zero attached hydrogens (tertiary/aromatic N) is 6. The minimum atomic E-state index is -3.78. The molecule has 0 amide bonds.